The molecule has 5 nitrogen and oxygen atoms in total. The zero-order valence-corrected chi connectivity index (χ0v) is 14.5. The molecule has 0 saturated carbocycles. The number of fused-ring (bicyclic) bond motifs is 1. The number of hydrogen-bond acceptors (Lipinski definition) is 4. The third-order valence-electron chi connectivity index (χ3n) is 4.27. The molecule has 0 spiro atoms. The minimum Gasteiger partial charge on any atom is -0.496 e. The molecular formula is C19H23NO4. The number of carbonyl (C=O) groups is 2. The van der Waals surface area contributed by atoms with Crippen LogP contribution < -0.4 is 10.1 Å². The van der Waals surface area contributed by atoms with Crippen molar-refractivity contribution in [3.05, 3.63) is 42.0 Å². The number of nitrogens with one attached hydrogen (secondary N) is 1. The van der Waals surface area contributed by atoms with Gasteiger partial charge in [0.15, 0.2) is 0 Å². The molecule has 0 aliphatic heterocycles. The lowest BCUT2D eigenvalue weighted by atomic mass is 9.98. The van der Waals surface area contributed by atoms with Crippen LogP contribution in [0.2, 0.25) is 0 Å². The van der Waals surface area contributed by atoms with Crippen molar-refractivity contribution in [3.63, 3.8) is 0 Å². The first-order valence-electron chi connectivity index (χ1n) is 7.97. The van der Waals surface area contributed by atoms with Gasteiger partial charge in [0.2, 0.25) is 0 Å². The summed E-state index contributed by atoms with van der Waals surface area (Å²) in [4.78, 5) is 24.7. The summed E-state index contributed by atoms with van der Waals surface area (Å²) in [5.41, 5.74) is 0.397. The molecule has 0 unspecified atom stereocenters. The molecule has 0 aliphatic carbocycles. The maximum atomic E-state index is 12.7. The van der Waals surface area contributed by atoms with Crippen molar-refractivity contribution in [1.82, 2.24) is 5.32 Å². The number of rotatable bonds is 6. The Labute approximate surface area is 141 Å². The number of methoxy groups -OCH3 is 2. The lowest BCUT2D eigenvalue weighted by molar-refractivity contribution is -0.144. The monoisotopic (exact) mass is 329 g/mol. The van der Waals surface area contributed by atoms with Crippen LogP contribution in [0.5, 0.6) is 5.75 Å². The van der Waals surface area contributed by atoms with Crippen LogP contribution in [0.4, 0.5) is 0 Å². The topological polar surface area (TPSA) is 64.6 Å². The molecule has 1 N–H and O–H groups in total. The van der Waals surface area contributed by atoms with Crippen LogP contribution in [0, 0.1) is 5.92 Å². The van der Waals surface area contributed by atoms with E-state index in [1.165, 1.54) is 14.2 Å². The Kier molecular flexibility index (Phi) is 5.79. The van der Waals surface area contributed by atoms with Crippen molar-refractivity contribution in [2.24, 2.45) is 5.92 Å². The molecule has 0 radical (unpaired) electrons. The molecule has 2 atom stereocenters. The summed E-state index contributed by atoms with van der Waals surface area (Å²) >= 11 is 0. The smallest absolute Gasteiger partial charge is 0.328 e. The van der Waals surface area contributed by atoms with Crippen LogP contribution in [0.3, 0.4) is 0 Å². The second kappa shape index (κ2) is 7.81. The van der Waals surface area contributed by atoms with Crippen molar-refractivity contribution in [1.29, 1.82) is 0 Å². The molecule has 0 aliphatic rings. The maximum absolute atomic E-state index is 12.7. The fourth-order valence-electron chi connectivity index (χ4n) is 2.58. The highest BCUT2D eigenvalue weighted by Crippen LogP contribution is 2.26. The Balaban J connectivity index is 2.37. The highest BCUT2D eigenvalue weighted by Gasteiger charge is 2.28. The Bertz CT molecular complexity index is 741. The van der Waals surface area contributed by atoms with Crippen LogP contribution >= 0.6 is 0 Å². The number of esters is 1. The quantitative estimate of drug-likeness (QED) is 0.827. The van der Waals surface area contributed by atoms with E-state index < -0.39 is 12.0 Å². The van der Waals surface area contributed by atoms with Gasteiger partial charge in [0.05, 0.1) is 19.8 Å². The van der Waals surface area contributed by atoms with E-state index in [-0.39, 0.29) is 11.8 Å². The molecule has 0 bridgehead atoms. The molecule has 2 rings (SSSR count). The minimum absolute atomic E-state index is 0.0344. The van der Waals surface area contributed by atoms with Gasteiger partial charge in [-0.1, -0.05) is 44.5 Å². The van der Waals surface area contributed by atoms with E-state index in [9.17, 15) is 9.59 Å². The van der Waals surface area contributed by atoms with Crippen molar-refractivity contribution in [2.75, 3.05) is 14.2 Å². The molecular weight excluding hydrogens is 306 g/mol. The SMILES string of the molecule is CC[C@H](C)[C@@H](NC(=O)c1cc2ccccc2cc1OC)C(=O)OC. The lowest BCUT2D eigenvalue weighted by Crippen LogP contribution is -2.45. The van der Waals surface area contributed by atoms with Crippen LogP contribution in [-0.2, 0) is 9.53 Å². The predicted octanol–water partition coefficient (Wildman–Crippen LogP) is 3.17. The molecule has 24 heavy (non-hydrogen) atoms. The molecule has 2 aromatic rings. The van der Waals surface area contributed by atoms with Gasteiger partial charge in [-0.15, -0.1) is 0 Å². The molecule has 0 aromatic heterocycles. The summed E-state index contributed by atoms with van der Waals surface area (Å²) in [7, 11) is 2.84. The minimum atomic E-state index is -0.691. The molecule has 1 amide bonds. The first-order chi connectivity index (χ1) is 11.5. The third-order valence-corrected chi connectivity index (χ3v) is 4.27. The summed E-state index contributed by atoms with van der Waals surface area (Å²) in [5.74, 6) is -0.363. The van der Waals surface area contributed by atoms with Crippen molar-refractivity contribution >= 4 is 22.6 Å². The second-order valence-corrected chi connectivity index (χ2v) is 5.76. The third kappa shape index (κ3) is 3.67. The Morgan fingerprint density at radius 3 is 2.29 bits per heavy atom. The largest absolute Gasteiger partial charge is 0.496 e. The Morgan fingerprint density at radius 1 is 1.12 bits per heavy atom. The second-order valence-electron chi connectivity index (χ2n) is 5.76. The Morgan fingerprint density at radius 2 is 1.75 bits per heavy atom. The van der Waals surface area contributed by atoms with E-state index in [0.717, 1.165) is 17.2 Å². The number of amides is 1. The first kappa shape index (κ1) is 17.8. The summed E-state index contributed by atoms with van der Waals surface area (Å²) < 4.78 is 10.2. The first-order valence-corrected chi connectivity index (χ1v) is 7.97. The normalized spacial score (nSPS) is 13.2. The van der Waals surface area contributed by atoms with Gasteiger partial charge in [-0.2, -0.15) is 0 Å². The van der Waals surface area contributed by atoms with Gasteiger partial charge in [-0.05, 0) is 28.8 Å². The van der Waals surface area contributed by atoms with E-state index in [2.05, 4.69) is 5.32 Å². The molecule has 2 aromatic carbocycles. The average molecular weight is 329 g/mol. The van der Waals surface area contributed by atoms with Gasteiger partial charge < -0.3 is 14.8 Å². The number of hydrogen-bond donors (Lipinski definition) is 1. The van der Waals surface area contributed by atoms with Crippen LogP contribution in [0.15, 0.2) is 36.4 Å². The van der Waals surface area contributed by atoms with Crippen LogP contribution in [0.1, 0.15) is 30.6 Å². The van der Waals surface area contributed by atoms with Gasteiger partial charge in [0.1, 0.15) is 11.8 Å². The maximum Gasteiger partial charge on any atom is 0.328 e. The zero-order chi connectivity index (χ0) is 17.7. The van der Waals surface area contributed by atoms with Gasteiger partial charge >= 0.3 is 5.97 Å². The van der Waals surface area contributed by atoms with Gasteiger partial charge in [-0.3, -0.25) is 4.79 Å². The highest BCUT2D eigenvalue weighted by atomic mass is 16.5. The van der Waals surface area contributed by atoms with E-state index in [0.29, 0.717) is 11.3 Å². The summed E-state index contributed by atoms with van der Waals surface area (Å²) in [6.07, 6.45) is 0.745. The van der Waals surface area contributed by atoms with Crippen molar-refractivity contribution < 1.29 is 19.1 Å². The van der Waals surface area contributed by atoms with Crippen LogP contribution in [-0.4, -0.2) is 32.1 Å². The highest BCUT2D eigenvalue weighted by molar-refractivity contribution is 6.03. The molecule has 5 heteroatoms. The Hall–Kier alpha value is -2.56. The number of benzene rings is 2. The van der Waals surface area contributed by atoms with Crippen LogP contribution in [0.25, 0.3) is 10.8 Å². The number of ether oxygens (including phenoxy) is 2. The molecule has 0 saturated heterocycles. The van der Waals surface area contributed by atoms with Gasteiger partial charge in [0, 0.05) is 0 Å². The molecule has 0 heterocycles. The van der Waals surface area contributed by atoms with Gasteiger partial charge in [0.25, 0.3) is 5.91 Å². The van der Waals surface area contributed by atoms with Crippen molar-refractivity contribution in [3.8, 4) is 5.75 Å². The fraction of sp³-hybridized carbons (Fsp3) is 0.368. The van der Waals surface area contributed by atoms with E-state index >= 15 is 0 Å². The molecule has 0 fully saturated rings. The fourth-order valence-corrected chi connectivity index (χ4v) is 2.58. The molecule has 128 valence electrons. The van der Waals surface area contributed by atoms with E-state index in [1.54, 1.807) is 6.07 Å². The summed E-state index contributed by atoms with van der Waals surface area (Å²) in [5, 5.41) is 4.70. The summed E-state index contributed by atoms with van der Waals surface area (Å²) in [6.45, 7) is 3.86. The van der Waals surface area contributed by atoms with E-state index in [1.807, 2.05) is 44.2 Å². The van der Waals surface area contributed by atoms with E-state index in [4.69, 9.17) is 9.47 Å². The average Bonchev–Trinajstić information content (AvgIpc) is 2.63. The lowest BCUT2D eigenvalue weighted by Gasteiger charge is -2.22. The standard InChI is InChI=1S/C19H23NO4/c1-5-12(2)17(19(22)24-4)20-18(21)15-10-13-8-6-7-9-14(13)11-16(15)23-3/h6-12,17H,5H2,1-4H3,(H,20,21)/t12-,17+/m0/s1. The zero-order valence-electron chi connectivity index (χ0n) is 14.5. The number of carbonyl (C=O) groups excluding carboxylic acids is 2. The predicted molar refractivity (Wildman–Crippen MR) is 93.2 cm³/mol. The summed E-state index contributed by atoms with van der Waals surface area (Å²) in [6, 6.07) is 10.6. The van der Waals surface area contributed by atoms with Gasteiger partial charge in [-0.25, -0.2) is 4.79 Å². The van der Waals surface area contributed by atoms with Crippen molar-refractivity contribution in [2.45, 2.75) is 26.3 Å².